The Bertz CT molecular complexity index is 2040. The molecule has 0 bridgehead atoms. The highest BCUT2D eigenvalue weighted by Crippen LogP contribution is 2.66. The van der Waals surface area contributed by atoms with Crippen LogP contribution in [0.4, 0.5) is 17.2 Å². The molecule has 25 heteroatoms. The Morgan fingerprint density at radius 2 is 1.37 bits per heavy atom. The molecule has 0 saturated carbocycles. The monoisotopic (exact) mass is 745 g/mol. The van der Waals surface area contributed by atoms with Gasteiger partial charge in [-0.15, -0.1) is 0 Å². The van der Waals surface area contributed by atoms with Gasteiger partial charge in [0.25, 0.3) is 0 Å². The summed E-state index contributed by atoms with van der Waals surface area (Å²) in [7, 11) is -17.3. The number of imidazole rings is 1. The molecule has 6 atom stereocenters. The molecule has 10 N–H and O–H groups in total. The van der Waals surface area contributed by atoms with Crippen molar-refractivity contribution in [3.8, 4) is 0 Å². The molecule has 0 amide bonds. The van der Waals surface area contributed by atoms with Gasteiger partial charge < -0.3 is 51.0 Å². The lowest BCUT2D eigenvalue weighted by molar-refractivity contribution is -0.0558. The second-order valence-electron chi connectivity index (χ2n) is 9.95. The normalized spacial score (nSPS) is 21.9. The van der Waals surface area contributed by atoms with E-state index in [-0.39, 0.29) is 39.5 Å². The number of benzene rings is 2. The van der Waals surface area contributed by atoms with Gasteiger partial charge in [0.2, 0.25) is 0 Å². The van der Waals surface area contributed by atoms with Crippen molar-refractivity contribution in [2.45, 2.75) is 24.5 Å². The van der Waals surface area contributed by atoms with Crippen LogP contribution in [0, 0.1) is 0 Å². The molecule has 0 spiro atoms. The van der Waals surface area contributed by atoms with Gasteiger partial charge in [0.1, 0.15) is 17.9 Å². The van der Waals surface area contributed by atoms with E-state index in [0.29, 0.717) is 0 Å². The van der Waals surface area contributed by atoms with Gasteiger partial charge in [0, 0.05) is 11.4 Å². The summed E-state index contributed by atoms with van der Waals surface area (Å²) in [6.45, 7) is -1.12. The van der Waals surface area contributed by atoms with Crippen LogP contribution in [0.2, 0.25) is 0 Å². The lowest BCUT2D eigenvalue weighted by Crippen LogP contribution is -2.41. The highest BCUT2D eigenvalue weighted by molar-refractivity contribution is 7.66. The van der Waals surface area contributed by atoms with Crippen LogP contribution >= 0.6 is 23.5 Å². The Labute approximate surface area is 274 Å². The van der Waals surface area contributed by atoms with Crippen LogP contribution in [0.3, 0.4) is 0 Å². The largest absolute Gasteiger partial charge is 0.490 e. The van der Waals surface area contributed by atoms with Crippen LogP contribution in [-0.2, 0) is 41.1 Å². The molecular weight excluding hydrogens is 719 g/mol. The number of hydrogen-bond donors (Lipinski definition) is 7. The number of carbonyl (C=O) groups is 2. The molecule has 2 aromatic heterocycles. The summed E-state index contributed by atoms with van der Waals surface area (Å²) in [6, 6.07) is 11.6. The number of aromatic nitrogens is 4. The third kappa shape index (κ3) is 8.47. The fourth-order valence-corrected chi connectivity index (χ4v) is 7.63. The van der Waals surface area contributed by atoms with Crippen molar-refractivity contribution in [3.05, 3.63) is 72.3 Å². The number of carbonyl (C=O) groups excluding carboxylic acids is 2. The van der Waals surface area contributed by atoms with Gasteiger partial charge in [-0.2, -0.15) is 8.62 Å². The number of hydrogen-bond acceptors (Lipinski definition) is 17. The van der Waals surface area contributed by atoms with Crippen molar-refractivity contribution in [1.29, 1.82) is 0 Å². The van der Waals surface area contributed by atoms with Crippen molar-refractivity contribution >= 4 is 63.8 Å². The lowest BCUT2D eigenvalue weighted by Gasteiger charge is -2.25. The molecule has 1 aliphatic rings. The van der Waals surface area contributed by atoms with E-state index in [9.17, 15) is 33.1 Å². The zero-order valence-electron chi connectivity index (χ0n) is 24.4. The number of nitrogen functional groups attached to an aromatic ring is 3. The van der Waals surface area contributed by atoms with Crippen molar-refractivity contribution in [2.24, 2.45) is 0 Å². The lowest BCUT2D eigenvalue weighted by atomic mass is 10.1. The van der Waals surface area contributed by atoms with Gasteiger partial charge in [-0.25, -0.2) is 38.2 Å². The number of para-hydroxylation sites is 2. The van der Waals surface area contributed by atoms with E-state index in [1.807, 2.05) is 0 Å². The first-order valence-electron chi connectivity index (χ1n) is 13.4. The van der Waals surface area contributed by atoms with E-state index < -0.39 is 66.6 Å². The molecule has 2 unspecified atom stereocenters. The van der Waals surface area contributed by atoms with E-state index in [1.165, 1.54) is 47.3 Å². The maximum Gasteiger partial charge on any atom is 0.490 e. The van der Waals surface area contributed by atoms with Crippen molar-refractivity contribution < 1.29 is 70.2 Å². The quantitative estimate of drug-likeness (QED) is 0.0609. The Balaban J connectivity index is 1.54. The maximum absolute atomic E-state index is 13.4. The number of nitrogens with two attached hydrogens (primary N) is 3. The summed E-state index contributed by atoms with van der Waals surface area (Å²) in [6.07, 6.45) is -4.28. The van der Waals surface area contributed by atoms with E-state index in [0.717, 1.165) is 6.33 Å². The molecule has 4 aromatic rings. The SMILES string of the molecule is Nc1ccccc1C(=O)O[C@@H]1[C@H](OC(=O)c2ccccc2N)[C@@H](COP(=O)(O)OP(=O)(O)OP(=O)(O)O)O[C@H]1n1cnc2c(N)ncnc21. The maximum atomic E-state index is 13.4. The van der Waals surface area contributed by atoms with Crippen LogP contribution in [0.1, 0.15) is 26.9 Å². The van der Waals surface area contributed by atoms with Crippen LogP contribution < -0.4 is 17.2 Å². The molecular formula is C24H26N7O15P3. The number of rotatable bonds is 12. The number of phosphoric ester groups is 1. The number of fused-ring (bicyclic) bond motifs is 1. The summed E-state index contributed by atoms with van der Waals surface area (Å²) < 4.78 is 66.5. The molecule has 262 valence electrons. The van der Waals surface area contributed by atoms with Gasteiger partial charge in [0.15, 0.2) is 29.9 Å². The average molecular weight is 745 g/mol. The van der Waals surface area contributed by atoms with Gasteiger partial charge in [-0.05, 0) is 24.3 Å². The highest BCUT2D eigenvalue weighted by Gasteiger charge is 2.52. The number of ether oxygens (including phenoxy) is 3. The summed E-state index contributed by atoms with van der Waals surface area (Å²) in [4.78, 5) is 76.3. The second kappa shape index (κ2) is 13.9. The number of esters is 2. The van der Waals surface area contributed by atoms with Gasteiger partial charge in [0.05, 0.1) is 24.1 Å². The highest BCUT2D eigenvalue weighted by atomic mass is 31.3. The minimum Gasteiger partial charge on any atom is -0.452 e. The molecule has 0 radical (unpaired) electrons. The molecule has 5 rings (SSSR count). The molecule has 49 heavy (non-hydrogen) atoms. The van der Waals surface area contributed by atoms with Gasteiger partial charge in [-0.1, -0.05) is 24.3 Å². The summed E-state index contributed by atoms with van der Waals surface area (Å²) in [5, 5.41) is 0. The Hall–Kier alpha value is -4.30. The first-order valence-corrected chi connectivity index (χ1v) is 17.9. The third-order valence-corrected chi connectivity index (χ3v) is 10.4. The second-order valence-corrected chi connectivity index (χ2v) is 14.4. The third-order valence-electron chi connectivity index (χ3n) is 6.61. The fraction of sp³-hybridized carbons (Fsp3) is 0.208. The zero-order valence-corrected chi connectivity index (χ0v) is 27.1. The molecule has 22 nitrogen and oxygen atoms in total. The van der Waals surface area contributed by atoms with E-state index in [4.69, 9.17) is 45.7 Å². The summed E-state index contributed by atoms with van der Waals surface area (Å²) in [5.41, 5.74) is 17.7. The van der Waals surface area contributed by atoms with Crippen LogP contribution in [0.25, 0.3) is 11.2 Å². The van der Waals surface area contributed by atoms with E-state index >= 15 is 0 Å². The molecule has 2 aromatic carbocycles. The average Bonchev–Trinajstić information content (AvgIpc) is 3.56. The van der Waals surface area contributed by atoms with E-state index in [2.05, 4.69) is 23.6 Å². The molecule has 3 heterocycles. The number of phosphoric acid groups is 3. The molecule has 0 aliphatic carbocycles. The van der Waals surface area contributed by atoms with Gasteiger partial charge >= 0.3 is 35.4 Å². The van der Waals surface area contributed by atoms with Crippen molar-refractivity contribution in [1.82, 2.24) is 19.5 Å². The molecule has 1 saturated heterocycles. The Morgan fingerprint density at radius 3 is 1.94 bits per heavy atom. The Morgan fingerprint density at radius 1 is 0.796 bits per heavy atom. The first kappa shape index (κ1) is 36.0. The van der Waals surface area contributed by atoms with Crippen LogP contribution in [-0.4, -0.2) is 76.0 Å². The fourth-order valence-electron chi connectivity index (χ4n) is 4.60. The van der Waals surface area contributed by atoms with Crippen LogP contribution in [0.5, 0.6) is 0 Å². The topological polar surface area (TPSA) is 343 Å². The summed E-state index contributed by atoms with van der Waals surface area (Å²) in [5.74, 6) is -2.14. The predicted molar refractivity (Wildman–Crippen MR) is 164 cm³/mol. The van der Waals surface area contributed by atoms with Crippen molar-refractivity contribution in [3.63, 3.8) is 0 Å². The first-order chi connectivity index (χ1) is 22.9. The zero-order chi connectivity index (χ0) is 35.7. The minimum absolute atomic E-state index is 0.00818. The predicted octanol–water partition coefficient (Wildman–Crippen LogP) is 1.26. The van der Waals surface area contributed by atoms with E-state index in [1.54, 1.807) is 12.1 Å². The number of anilines is 3. The standard InChI is InChI=1S/C24H26N7O15P3/c25-14-7-3-1-5-12(14)23(32)43-18-16(9-41-48(37,38)46-49(39,40)45-47(34,35)36)42-22(31-11-30-17-20(27)28-10-29-21(17)31)19(18)44-24(33)13-6-2-4-8-15(13)26/h1-8,10-11,16,18-19,22H,9,25-26H2,(H,37,38)(H,39,40)(H2,27,28,29)(H2,34,35,36)/t16-,18-,19-,22-/m1/s1. The van der Waals surface area contributed by atoms with Crippen LogP contribution in [0.15, 0.2) is 61.2 Å². The summed E-state index contributed by atoms with van der Waals surface area (Å²) >= 11 is 0. The van der Waals surface area contributed by atoms with Gasteiger partial charge in [-0.3, -0.25) is 9.09 Å². The molecule has 1 aliphatic heterocycles. The van der Waals surface area contributed by atoms with Crippen molar-refractivity contribution in [2.75, 3.05) is 23.8 Å². The smallest absolute Gasteiger partial charge is 0.452 e. The minimum atomic E-state index is -5.89. The molecule has 1 fully saturated rings. The number of nitrogens with zero attached hydrogens (tertiary/aromatic N) is 4. The Kier molecular flexibility index (Phi) is 10.2.